The van der Waals surface area contributed by atoms with E-state index in [-0.39, 0.29) is 31.5 Å². The quantitative estimate of drug-likeness (QED) is 0.853. The summed E-state index contributed by atoms with van der Waals surface area (Å²) in [6.07, 6.45) is -0.108. The Hall–Kier alpha value is -1.95. The van der Waals surface area contributed by atoms with Gasteiger partial charge in [0, 0.05) is 25.9 Å². The number of piperidine rings is 1. The second-order valence-electron chi connectivity index (χ2n) is 5.11. The van der Waals surface area contributed by atoms with Gasteiger partial charge in [-0.2, -0.15) is 0 Å². The fourth-order valence-corrected chi connectivity index (χ4v) is 2.27. The first-order valence-corrected chi connectivity index (χ1v) is 6.35. The number of hydrogen-bond donors (Lipinski definition) is 2. The fraction of sp³-hybridized carbons (Fsp3) is 0.429. The maximum absolute atomic E-state index is 13.7. The van der Waals surface area contributed by atoms with Crippen molar-refractivity contribution in [2.24, 2.45) is 0 Å². The summed E-state index contributed by atoms with van der Waals surface area (Å²) >= 11 is 0. The lowest BCUT2D eigenvalue weighted by Gasteiger charge is -2.35. The SMILES string of the molecule is Cc1ccc(F)c(C(=O)N2CCC(O)(C(=O)O)CC2)c1. The van der Waals surface area contributed by atoms with Crippen LogP contribution >= 0.6 is 0 Å². The molecule has 0 spiro atoms. The second-order valence-corrected chi connectivity index (χ2v) is 5.11. The van der Waals surface area contributed by atoms with Crippen LogP contribution in [0.5, 0.6) is 0 Å². The number of carboxylic acids is 1. The van der Waals surface area contributed by atoms with Crippen LogP contribution in [0.25, 0.3) is 0 Å². The summed E-state index contributed by atoms with van der Waals surface area (Å²) in [4.78, 5) is 24.5. The molecule has 0 atom stereocenters. The van der Waals surface area contributed by atoms with Crippen LogP contribution in [0, 0.1) is 12.7 Å². The van der Waals surface area contributed by atoms with Gasteiger partial charge in [0.2, 0.25) is 0 Å². The lowest BCUT2D eigenvalue weighted by molar-refractivity contribution is -0.162. The number of carbonyl (C=O) groups excluding carboxylic acids is 1. The number of aliphatic hydroxyl groups is 1. The predicted octanol–water partition coefficient (Wildman–Crippen LogP) is 1.19. The van der Waals surface area contributed by atoms with Gasteiger partial charge in [0.1, 0.15) is 5.82 Å². The highest BCUT2D eigenvalue weighted by molar-refractivity contribution is 5.95. The van der Waals surface area contributed by atoms with Crippen LogP contribution in [0.4, 0.5) is 4.39 Å². The first-order chi connectivity index (χ1) is 9.33. The highest BCUT2D eigenvalue weighted by Gasteiger charge is 2.40. The monoisotopic (exact) mass is 281 g/mol. The number of nitrogens with zero attached hydrogens (tertiary/aromatic N) is 1. The van der Waals surface area contributed by atoms with Gasteiger partial charge in [0.15, 0.2) is 5.60 Å². The molecule has 0 bridgehead atoms. The molecule has 2 rings (SSSR count). The first kappa shape index (κ1) is 14.5. The highest BCUT2D eigenvalue weighted by atomic mass is 19.1. The van der Waals surface area contributed by atoms with E-state index in [2.05, 4.69) is 0 Å². The molecule has 1 saturated heterocycles. The normalized spacial score (nSPS) is 17.9. The van der Waals surface area contributed by atoms with E-state index in [1.165, 1.54) is 17.0 Å². The maximum atomic E-state index is 13.7. The van der Waals surface area contributed by atoms with Gasteiger partial charge in [-0.3, -0.25) is 4.79 Å². The zero-order valence-electron chi connectivity index (χ0n) is 11.1. The Balaban J connectivity index is 2.13. The van der Waals surface area contributed by atoms with Crippen LogP contribution in [-0.4, -0.2) is 45.7 Å². The number of aryl methyl sites for hydroxylation is 1. The largest absolute Gasteiger partial charge is 0.479 e. The molecule has 1 amide bonds. The fourth-order valence-electron chi connectivity index (χ4n) is 2.27. The van der Waals surface area contributed by atoms with E-state index in [0.717, 1.165) is 5.56 Å². The van der Waals surface area contributed by atoms with Crippen LogP contribution in [0.1, 0.15) is 28.8 Å². The molecule has 108 valence electrons. The predicted molar refractivity (Wildman–Crippen MR) is 68.9 cm³/mol. The molecule has 0 saturated carbocycles. The Morgan fingerprint density at radius 2 is 1.90 bits per heavy atom. The van der Waals surface area contributed by atoms with Gasteiger partial charge in [-0.05, 0) is 19.1 Å². The lowest BCUT2D eigenvalue weighted by atomic mass is 9.91. The summed E-state index contributed by atoms with van der Waals surface area (Å²) < 4.78 is 13.7. The van der Waals surface area contributed by atoms with Gasteiger partial charge in [-0.25, -0.2) is 9.18 Å². The van der Waals surface area contributed by atoms with Crippen LogP contribution in [-0.2, 0) is 4.79 Å². The summed E-state index contributed by atoms with van der Waals surface area (Å²) in [7, 11) is 0. The molecular weight excluding hydrogens is 265 g/mol. The molecule has 5 nitrogen and oxygen atoms in total. The molecule has 1 aromatic carbocycles. The number of benzene rings is 1. The maximum Gasteiger partial charge on any atom is 0.335 e. The average molecular weight is 281 g/mol. The van der Waals surface area contributed by atoms with Crippen molar-refractivity contribution < 1.29 is 24.2 Å². The lowest BCUT2D eigenvalue weighted by Crippen LogP contribution is -2.50. The van der Waals surface area contributed by atoms with Crippen molar-refractivity contribution in [3.63, 3.8) is 0 Å². The van der Waals surface area contributed by atoms with E-state index >= 15 is 0 Å². The molecule has 0 aliphatic carbocycles. The zero-order valence-corrected chi connectivity index (χ0v) is 11.1. The van der Waals surface area contributed by atoms with E-state index in [9.17, 15) is 19.1 Å². The topological polar surface area (TPSA) is 77.8 Å². The van der Waals surface area contributed by atoms with E-state index in [0.29, 0.717) is 0 Å². The molecule has 2 N–H and O–H groups in total. The van der Waals surface area contributed by atoms with Crippen LogP contribution in [0.2, 0.25) is 0 Å². The summed E-state index contributed by atoms with van der Waals surface area (Å²) in [5.41, 5.74) is -1.04. The van der Waals surface area contributed by atoms with E-state index in [1.54, 1.807) is 13.0 Å². The van der Waals surface area contributed by atoms with Crippen molar-refractivity contribution in [2.45, 2.75) is 25.4 Å². The van der Waals surface area contributed by atoms with Crippen molar-refractivity contribution in [3.05, 3.63) is 35.1 Å². The number of aliphatic carboxylic acids is 1. The Morgan fingerprint density at radius 1 is 1.30 bits per heavy atom. The van der Waals surface area contributed by atoms with Gasteiger partial charge < -0.3 is 15.1 Å². The average Bonchev–Trinajstić information content (AvgIpc) is 2.41. The van der Waals surface area contributed by atoms with Gasteiger partial charge in [-0.1, -0.05) is 11.6 Å². The Kier molecular flexibility index (Phi) is 3.76. The van der Waals surface area contributed by atoms with Crippen LogP contribution < -0.4 is 0 Å². The van der Waals surface area contributed by atoms with Gasteiger partial charge in [-0.15, -0.1) is 0 Å². The summed E-state index contributed by atoms with van der Waals surface area (Å²) in [5, 5.41) is 18.7. The van der Waals surface area contributed by atoms with E-state index < -0.39 is 23.3 Å². The number of rotatable bonds is 2. The third-order valence-corrected chi connectivity index (χ3v) is 3.63. The molecule has 6 heteroatoms. The molecule has 1 fully saturated rings. The minimum Gasteiger partial charge on any atom is -0.479 e. The van der Waals surface area contributed by atoms with Crippen molar-refractivity contribution in [1.82, 2.24) is 4.90 Å². The molecule has 1 aromatic rings. The van der Waals surface area contributed by atoms with Crippen LogP contribution in [0.15, 0.2) is 18.2 Å². The van der Waals surface area contributed by atoms with Gasteiger partial charge >= 0.3 is 5.97 Å². The minimum atomic E-state index is -1.79. The molecule has 0 aromatic heterocycles. The number of likely N-dealkylation sites (tertiary alicyclic amines) is 1. The van der Waals surface area contributed by atoms with E-state index in [1.807, 2.05) is 0 Å². The summed E-state index contributed by atoms with van der Waals surface area (Å²) in [6.45, 7) is 1.94. The van der Waals surface area contributed by atoms with Crippen molar-refractivity contribution in [3.8, 4) is 0 Å². The highest BCUT2D eigenvalue weighted by Crippen LogP contribution is 2.24. The second kappa shape index (κ2) is 5.20. The Morgan fingerprint density at radius 3 is 2.45 bits per heavy atom. The third kappa shape index (κ3) is 2.65. The molecule has 0 unspecified atom stereocenters. The number of carboxylic acid groups (broad SMARTS) is 1. The van der Waals surface area contributed by atoms with Crippen molar-refractivity contribution in [1.29, 1.82) is 0 Å². The number of halogens is 1. The standard InChI is InChI=1S/C14H16FNO4/c1-9-2-3-11(15)10(8-9)12(17)16-6-4-14(20,5-7-16)13(18)19/h2-3,8,20H,4-7H2,1H3,(H,18,19). The zero-order chi connectivity index (χ0) is 14.9. The summed E-state index contributed by atoms with van der Waals surface area (Å²) in [6, 6.07) is 4.28. The van der Waals surface area contributed by atoms with E-state index in [4.69, 9.17) is 5.11 Å². The molecule has 1 aliphatic heterocycles. The first-order valence-electron chi connectivity index (χ1n) is 6.35. The van der Waals surface area contributed by atoms with Crippen LogP contribution in [0.3, 0.4) is 0 Å². The minimum absolute atomic E-state index is 0.0224. The van der Waals surface area contributed by atoms with Gasteiger partial charge in [0.25, 0.3) is 5.91 Å². The molecule has 0 radical (unpaired) electrons. The van der Waals surface area contributed by atoms with Gasteiger partial charge in [0.05, 0.1) is 5.56 Å². The molecule has 1 aliphatic rings. The van der Waals surface area contributed by atoms with Crippen molar-refractivity contribution >= 4 is 11.9 Å². The summed E-state index contributed by atoms with van der Waals surface area (Å²) in [5.74, 6) is -2.36. The smallest absolute Gasteiger partial charge is 0.335 e. The Labute approximate surface area is 115 Å². The third-order valence-electron chi connectivity index (χ3n) is 3.63. The number of amides is 1. The molecule has 20 heavy (non-hydrogen) atoms. The number of carbonyl (C=O) groups is 2. The molecular formula is C14H16FNO4. The number of hydrogen-bond acceptors (Lipinski definition) is 3. The van der Waals surface area contributed by atoms with Crippen molar-refractivity contribution in [2.75, 3.05) is 13.1 Å². The Bertz CT molecular complexity index is 550. The molecule has 1 heterocycles.